The first-order valence-electron chi connectivity index (χ1n) is 10.5. The van der Waals surface area contributed by atoms with Crippen molar-refractivity contribution in [3.63, 3.8) is 0 Å². The molecule has 0 radical (unpaired) electrons. The number of halogens is 2. The van der Waals surface area contributed by atoms with E-state index >= 15 is 0 Å². The molecule has 0 bridgehead atoms. The molecule has 1 heterocycles. The van der Waals surface area contributed by atoms with Crippen LogP contribution in [-0.4, -0.2) is 31.7 Å². The number of carbonyl (C=O) groups excluding carboxylic acids is 2. The summed E-state index contributed by atoms with van der Waals surface area (Å²) in [4.78, 5) is 26.2. The maximum absolute atomic E-state index is 12.7. The summed E-state index contributed by atoms with van der Waals surface area (Å²) in [6.45, 7) is 1.29. The van der Waals surface area contributed by atoms with Gasteiger partial charge in [-0.1, -0.05) is 41.4 Å². The third-order valence-corrected chi connectivity index (χ3v) is 7.58. The highest BCUT2D eigenvalue weighted by molar-refractivity contribution is 7.92. The van der Waals surface area contributed by atoms with E-state index in [0.29, 0.717) is 24.2 Å². The predicted molar refractivity (Wildman–Crippen MR) is 133 cm³/mol. The number of hydrogen-bond acceptors (Lipinski definition) is 4. The normalized spacial score (nSPS) is 13.7. The highest BCUT2D eigenvalue weighted by Crippen LogP contribution is 2.31. The SMILES string of the molecule is O=C(Nc1ccc(S(=O)(=O)Nc2cccc(Cl)c2Cl)cc1)c1ccc(CN2CCCC2=O)cc1. The van der Waals surface area contributed by atoms with E-state index in [1.807, 2.05) is 12.1 Å². The molecule has 3 aromatic rings. The first-order valence-corrected chi connectivity index (χ1v) is 12.7. The zero-order valence-electron chi connectivity index (χ0n) is 17.9. The summed E-state index contributed by atoms with van der Waals surface area (Å²) in [6, 6.07) is 17.5. The van der Waals surface area contributed by atoms with E-state index in [4.69, 9.17) is 23.2 Å². The minimum atomic E-state index is -3.90. The third kappa shape index (κ3) is 5.52. The molecule has 1 saturated heterocycles. The molecule has 7 nitrogen and oxygen atoms in total. The monoisotopic (exact) mass is 517 g/mol. The van der Waals surface area contributed by atoms with Crippen LogP contribution in [0.25, 0.3) is 0 Å². The number of hydrogen-bond donors (Lipinski definition) is 2. The van der Waals surface area contributed by atoms with Crippen LogP contribution in [0.4, 0.5) is 11.4 Å². The Morgan fingerprint density at radius 2 is 1.68 bits per heavy atom. The lowest BCUT2D eigenvalue weighted by molar-refractivity contribution is -0.128. The Morgan fingerprint density at radius 1 is 0.971 bits per heavy atom. The second-order valence-electron chi connectivity index (χ2n) is 7.80. The average Bonchev–Trinajstić information content (AvgIpc) is 3.22. The van der Waals surface area contributed by atoms with Crippen molar-refractivity contribution in [2.24, 2.45) is 0 Å². The third-order valence-electron chi connectivity index (χ3n) is 5.38. The maximum atomic E-state index is 12.7. The lowest BCUT2D eigenvalue weighted by atomic mass is 10.1. The topological polar surface area (TPSA) is 95.6 Å². The van der Waals surface area contributed by atoms with Crippen LogP contribution in [-0.2, 0) is 21.4 Å². The Hall–Kier alpha value is -3.07. The summed E-state index contributed by atoms with van der Waals surface area (Å²) in [5.74, 6) is -0.179. The molecule has 0 unspecified atom stereocenters. The number of carbonyl (C=O) groups is 2. The zero-order chi connectivity index (χ0) is 24.3. The van der Waals surface area contributed by atoms with Gasteiger partial charge in [0.15, 0.2) is 0 Å². The predicted octanol–water partition coefficient (Wildman–Crippen LogP) is 5.17. The quantitative estimate of drug-likeness (QED) is 0.451. The number of nitrogens with one attached hydrogen (secondary N) is 2. The van der Waals surface area contributed by atoms with Crippen molar-refractivity contribution in [2.45, 2.75) is 24.3 Å². The fraction of sp³-hybridized carbons (Fsp3) is 0.167. The summed E-state index contributed by atoms with van der Waals surface area (Å²) in [7, 11) is -3.90. The molecule has 2 N–H and O–H groups in total. The molecular formula is C24H21Cl2N3O4S. The van der Waals surface area contributed by atoms with E-state index in [0.717, 1.165) is 18.5 Å². The Bertz CT molecular complexity index is 1330. The average molecular weight is 518 g/mol. The molecule has 176 valence electrons. The number of amides is 2. The van der Waals surface area contributed by atoms with E-state index < -0.39 is 10.0 Å². The van der Waals surface area contributed by atoms with E-state index in [9.17, 15) is 18.0 Å². The van der Waals surface area contributed by atoms with Gasteiger partial charge in [-0.05, 0) is 60.5 Å². The van der Waals surface area contributed by atoms with Crippen LogP contribution in [0.2, 0.25) is 10.0 Å². The van der Waals surface area contributed by atoms with Gasteiger partial charge in [-0.2, -0.15) is 0 Å². The van der Waals surface area contributed by atoms with Crippen LogP contribution in [0, 0.1) is 0 Å². The summed E-state index contributed by atoms with van der Waals surface area (Å²) in [5.41, 5.74) is 2.01. The van der Waals surface area contributed by atoms with Crippen molar-refractivity contribution in [3.8, 4) is 0 Å². The Balaban J connectivity index is 1.39. The minimum Gasteiger partial charge on any atom is -0.338 e. The molecule has 1 aliphatic rings. The van der Waals surface area contributed by atoms with Crippen LogP contribution >= 0.6 is 23.2 Å². The molecule has 1 fully saturated rings. The van der Waals surface area contributed by atoms with E-state index in [1.54, 1.807) is 29.2 Å². The van der Waals surface area contributed by atoms with Crippen LogP contribution in [0.5, 0.6) is 0 Å². The highest BCUT2D eigenvalue weighted by atomic mass is 35.5. The summed E-state index contributed by atoms with van der Waals surface area (Å²) in [5, 5.41) is 3.09. The number of benzene rings is 3. The molecule has 1 aliphatic heterocycles. The van der Waals surface area contributed by atoms with Gasteiger partial charge in [0, 0.05) is 30.8 Å². The Morgan fingerprint density at radius 3 is 2.32 bits per heavy atom. The molecule has 0 saturated carbocycles. The first kappa shape index (κ1) is 24.1. The minimum absolute atomic E-state index is 0.00218. The van der Waals surface area contributed by atoms with Gasteiger partial charge in [0.1, 0.15) is 0 Å². The highest BCUT2D eigenvalue weighted by Gasteiger charge is 2.20. The molecule has 4 rings (SSSR count). The van der Waals surface area contributed by atoms with Crippen LogP contribution in [0.1, 0.15) is 28.8 Å². The lowest BCUT2D eigenvalue weighted by Crippen LogP contribution is -2.23. The van der Waals surface area contributed by atoms with Gasteiger partial charge < -0.3 is 10.2 Å². The first-order chi connectivity index (χ1) is 16.2. The molecule has 0 atom stereocenters. The van der Waals surface area contributed by atoms with Gasteiger partial charge >= 0.3 is 0 Å². The summed E-state index contributed by atoms with van der Waals surface area (Å²) in [6.07, 6.45) is 1.47. The van der Waals surface area contributed by atoms with Gasteiger partial charge in [-0.25, -0.2) is 8.42 Å². The molecule has 0 spiro atoms. The number of sulfonamides is 1. The maximum Gasteiger partial charge on any atom is 0.261 e. The Labute approximate surface area is 207 Å². The standard InChI is InChI=1S/C24H21Cl2N3O4S/c25-20-3-1-4-21(23(20)26)28-34(32,33)19-12-10-18(11-13-19)27-24(31)17-8-6-16(7-9-17)15-29-14-2-5-22(29)30/h1,3-4,6-13,28H,2,5,14-15H2,(H,27,31). The van der Waals surface area contributed by atoms with Gasteiger partial charge in [-0.3, -0.25) is 14.3 Å². The second kappa shape index (κ2) is 10.0. The van der Waals surface area contributed by atoms with Gasteiger partial charge in [-0.15, -0.1) is 0 Å². The van der Waals surface area contributed by atoms with Gasteiger partial charge in [0.2, 0.25) is 5.91 Å². The molecule has 10 heteroatoms. The lowest BCUT2D eigenvalue weighted by Gasteiger charge is -2.15. The zero-order valence-corrected chi connectivity index (χ0v) is 20.3. The number of nitrogens with zero attached hydrogens (tertiary/aromatic N) is 1. The molecule has 0 aromatic heterocycles. The number of rotatable bonds is 7. The van der Waals surface area contributed by atoms with Crippen LogP contribution < -0.4 is 10.0 Å². The molecule has 0 aliphatic carbocycles. The van der Waals surface area contributed by atoms with Crippen molar-refractivity contribution in [3.05, 3.63) is 87.9 Å². The fourth-order valence-corrected chi connectivity index (χ4v) is 5.04. The van der Waals surface area contributed by atoms with Crippen molar-refractivity contribution < 1.29 is 18.0 Å². The number of likely N-dealkylation sites (tertiary alicyclic amines) is 1. The van der Waals surface area contributed by atoms with E-state index in [-0.39, 0.29) is 32.4 Å². The Kier molecular flexibility index (Phi) is 7.11. The largest absolute Gasteiger partial charge is 0.338 e. The molecule has 34 heavy (non-hydrogen) atoms. The number of anilines is 2. The van der Waals surface area contributed by atoms with Gasteiger partial charge in [0.05, 0.1) is 20.6 Å². The van der Waals surface area contributed by atoms with E-state index in [1.165, 1.54) is 30.3 Å². The summed E-state index contributed by atoms with van der Waals surface area (Å²) >= 11 is 12.0. The van der Waals surface area contributed by atoms with Crippen LogP contribution in [0.15, 0.2) is 71.6 Å². The van der Waals surface area contributed by atoms with Crippen molar-refractivity contribution in [2.75, 3.05) is 16.6 Å². The molecular weight excluding hydrogens is 497 g/mol. The van der Waals surface area contributed by atoms with Crippen LogP contribution in [0.3, 0.4) is 0 Å². The van der Waals surface area contributed by atoms with Gasteiger partial charge in [0.25, 0.3) is 15.9 Å². The van der Waals surface area contributed by atoms with Crippen molar-refractivity contribution >= 4 is 56.4 Å². The molecule has 2 amide bonds. The molecule has 3 aromatic carbocycles. The van der Waals surface area contributed by atoms with E-state index in [2.05, 4.69) is 10.0 Å². The second-order valence-corrected chi connectivity index (χ2v) is 10.3. The van der Waals surface area contributed by atoms with Crippen molar-refractivity contribution in [1.82, 2.24) is 4.90 Å². The van der Waals surface area contributed by atoms with Crippen molar-refractivity contribution in [1.29, 1.82) is 0 Å². The summed E-state index contributed by atoms with van der Waals surface area (Å²) < 4.78 is 27.8. The smallest absolute Gasteiger partial charge is 0.261 e. The fourth-order valence-electron chi connectivity index (χ4n) is 3.56.